The Morgan fingerprint density at radius 2 is 0.935 bits per heavy atom. The number of fused-ring (bicyclic) bond motifs is 3. The molecule has 168 valence electrons. The minimum atomic E-state index is 0. The molecule has 0 saturated carbocycles. The van der Waals surface area contributed by atoms with E-state index in [0.29, 0.717) is 0 Å². The van der Waals surface area contributed by atoms with Crippen molar-refractivity contribution in [3.8, 4) is 11.1 Å². The van der Waals surface area contributed by atoms with Crippen molar-refractivity contribution in [2.24, 2.45) is 0 Å². The van der Waals surface area contributed by atoms with Crippen LogP contribution in [0.4, 0.5) is 0 Å². The van der Waals surface area contributed by atoms with Crippen molar-refractivity contribution in [2.45, 2.75) is 83.5 Å². The molecule has 0 bridgehead atoms. The highest BCUT2D eigenvalue weighted by atomic mass is 16.4. The summed E-state index contributed by atoms with van der Waals surface area (Å²) in [5, 5.41) is 28.0. The molecule has 0 amide bonds. The van der Waals surface area contributed by atoms with Crippen LogP contribution in [0.2, 0.25) is 0 Å². The Hall–Kier alpha value is -1.59. The average molecular weight is 424 g/mol. The molecule has 0 spiro atoms. The van der Waals surface area contributed by atoms with E-state index in [4.69, 9.17) is 20.1 Å². The lowest BCUT2D eigenvalue weighted by atomic mass is 9.70. The summed E-state index contributed by atoms with van der Waals surface area (Å²) in [5.74, 6) is 0. The molecule has 0 saturated heterocycles. The predicted octanol–water partition coefficient (Wildman–Crippen LogP) is 4.90. The zero-order chi connectivity index (χ0) is 23.0. The first-order chi connectivity index (χ1) is 15.2. The molecule has 1 aliphatic carbocycles. The summed E-state index contributed by atoms with van der Waals surface area (Å²) in [6.45, 7) is 4.61. The van der Waals surface area contributed by atoms with Gasteiger partial charge in [0.1, 0.15) is 0 Å². The summed E-state index contributed by atoms with van der Waals surface area (Å²) in [7, 11) is 0. The van der Waals surface area contributed by atoms with Gasteiger partial charge in [-0.05, 0) is 35.1 Å². The second kappa shape index (κ2) is 16.1. The van der Waals surface area contributed by atoms with Gasteiger partial charge in [-0.1, -0.05) is 114 Å². The van der Waals surface area contributed by atoms with Crippen molar-refractivity contribution in [1.82, 2.24) is 0 Å². The molecule has 6 heteroatoms. The van der Waals surface area contributed by atoms with E-state index in [1.165, 1.54) is 75.3 Å². The molecule has 0 heterocycles. The van der Waals surface area contributed by atoms with Crippen LogP contribution in [0.1, 0.15) is 89.2 Å². The van der Waals surface area contributed by atoms with Gasteiger partial charge in [-0.2, -0.15) is 0 Å². The van der Waals surface area contributed by atoms with Gasteiger partial charge in [0.25, 0.3) is 0 Å². The Balaban J connectivity index is 0.000000720. The van der Waals surface area contributed by atoms with Crippen LogP contribution >= 0.6 is 0 Å². The lowest BCUT2D eigenvalue weighted by Gasteiger charge is -2.33. The molecule has 0 unspecified atom stereocenters. The third kappa shape index (κ3) is 7.80. The van der Waals surface area contributed by atoms with E-state index in [-0.39, 0.29) is 20.8 Å². The van der Waals surface area contributed by atoms with Gasteiger partial charge in [-0.3, -0.25) is 0 Å². The van der Waals surface area contributed by atoms with Gasteiger partial charge in [-0.25, -0.2) is 0 Å². The number of benzene rings is 2. The highest BCUT2D eigenvalue weighted by Crippen LogP contribution is 2.53. The molecule has 2 radical (unpaired) electrons. The van der Waals surface area contributed by atoms with Crippen LogP contribution < -0.4 is 0 Å². The fourth-order valence-corrected chi connectivity index (χ4v) is 4.79. The standard InChI is InChI=1S/C25H34.2BH2O2/c1-3-5-7-13-19-25(20-14-8-6-4-2)23-17-11-9-15-21(23)22-16-10-12-18-24(22)25;2*2-1-3/h9-12,15-18H,3-8,13-14,19-20H2,1-2H3;2*2-3H. The molecule has 4 N–H and O–H groups in total. The maximum absolute atomic E-state index is 7.00. The van der Waals surface area contributed by atoms with Crippen LogP contribution in [-0.4, -0.2) is 35.5 Å². The van der Waals surface area contributed by atoms with Gasteiger partial charge in [-0.15, -0.1) is 0 Å². The molecule has 4 nitrogen and oxygen atoms in total. The van der Waals surface area contributed by atoms with Gasteiger partial charge in [0.2, 0.25) is 0 Å². The number of hydrogen-bond acceptors (Lipinski definition) is 4. The minimum Gasteiger partial charge on any atom is -0.429 e. The Kier molecular flexibility index (Phi) is 14.3. The number of unbranched alkanes of at least 4 members (excludes halogenated alkanes) is 6. The van der Waals surface area contributed by atoms with Crippen LogP contribution in [0.15, 0.2) is 48.5 Å². The molecule has 2 aromatic carbocycles. The Labute approximate surface area is 190 Å². The van der Waals surface area contributed by atoms with E-state index in [9.17, 15) is 0 Å². The molecule has 3 rings (SSSR count). The zero-order valence-corrected chi connectivity index (χ0v) is 19.1. The summed E-state index contributed by atoms with van der Waals surface area (Å²) >= 11 is 0. The Morgan fingerprint density at radius 1 is 0.581 bits per heavy atom. The highest BCUT2D eigenvalue weighted by Gasteiger charge is 2.41. The van der Waals surface area contributed by atoms with E-state index in [0.717, 1.165) is 0 Å². The molecule has 0 fully saturated rings. The summed E-state index contributed by atoms with van der Waals surface area (Å²) in [4.78, 5) is 0. The van der Waals surface area contributed by atoms with Crippen LogP contribution in [0.3, 0.4) is 0 Å². The van der Waals surface area contributed by atoms with E-state index in [2.05, 4.69) is 62.4 Å². The van der Waals surface area contributed by atoms with Crippen LogP contribution in [0.5, 0.6) is 0 Å². The Bertz CT molecular complexity index is 663. The quantitative estimate of drug-likeness (QED) is 0.323. The summed E-state index contributed by atoms with van der Waals surface area (Å²) in [6, 6.07) is 18.4. The first kappa shape index (κ1) is 27.4. The van der Waals surface area contributed by atoms with E-state index in [1.54, 1.807) is 11.1 Å². The highest BCUT2D eigenvalue weighted by molar-refractivity contribution is 6.13. The molecule has 31 heavy (non-hydrogen) atoms. The fourth-order valence-electron chi connectivity index (χ4n) is 4.79. The molecule has 2 aromatic rings. The van der Waals surface area contributed by atoms with E-state index < -0.39 is 0 Å². The molecular weight excluding hydrogens is 386 g/mol. The first-order valence-corrected chi connectivity index (χ1v) is 11.6. The van der Waals surface area contributed by atoms with Crippen LogP contribution in [0.25, 0.3) is 11.1 Å². The molecule has 0 aliphatic heterocycles. The van der Waals surface area contributed by atoms with Gasteiger partial charge in [0.15, 0.2) is 0 Å². The van der Waals surface area contributed by atoms with Crippen molar-refractivity contribution in [2.75, 3.05) is 0 Å². The largest absolute Gasteiger partial charge is 0.482 e. The molecule has 0 aromatic heterocycles. The van der Waals surface area contributed by atoms with Crippen molar-refractivity contribution >= 4 is 15.4 Å². The van der Waals surface area contributed by atoms with E-state index in [1.807, 2.05) is 0 Å². The number of hydrogen-bond donors (Lipinski definition) is 4. The van der Waals surface area contributed by atoms with Crippen molar-refractivity contribution in [3.63, 3.8) is 0 Å². The third-order valence-corrected chi connectivity index (χ3v) is 6.09. The maximum Gasteiger partial charge on any atom is 0.482 e. The first-order valence-electron chi connectivity index (χ1n) is 11.6. The minimum absolute atomic E-state index is 0. The average Bonchev–Trinajstić information content (AvgIpc) is 3.06. The second-order valence-corrected chi connectivity index (χ2v) is 8.03. The lowest BCUT2D eigenvalue weighted by Crippen LogP contribution is -2.25. The maximum atomic E-state index is 7.00. The molecule has 0 atom stereocenters. The predicted molar refractivity (Wildman–Crippen MR) is 131 cm³/mol. The number of rotatable bonds is 10. The monoisotopic (exact) mass is 424 g/mol. The lowest BCUT2D eigenvalue weighted by molar-refractivity contribution is 0.401. The summed E-state index contributed by atoms with van der Waals surface area (Å²) < 4.78 is 0. The van der Waals surface area contributed by atoms with E-state index >= 15 is 0 Å². The SMILES string of the molecule is CCCCCCC1(CCCCCC)c2ccccc2-c2ccccc21.O[B]O.O[B]O. The van der Waals surface area contributed by atoms with Crippen molar-refractivity contribution in [1.29, 1.82) is 0 Å². The summed E-state index contributed by atoms with van der Waals surface area (Å²) in [6.07, 6.45) is 13.4. The van der Waals surface area contributed by atoms with Crippen LogP contribution in [-0.2, 0) is 5.41 Å². The smallest absolute Gasteiger partial charge is 0.429 e. The third-order valence-electron chi connectivity index (χ3n) is 6.09. The van der Waals surface area contributed by atoms with Gasteiger partial charge < -0.3 is 20.1 Å². The van der Waals surface area contributed by atoms with Gasteiger partial charge in [0, 0.05) is 5.41 Å². The second-order valence-electron chi connectivity index (χ2n) is 8.03. The topological polar surface area (TPSA) is 80.9 Å². The van der Waals surface area contributed by atoms with Gasteiger partial charge in [0.05, 0.1) is 0 Å². The van der Waals surface area contributed by atoms with Gasteiger partial charge >= 0.3 is 15.4 Å². The molecular formula is C25H38B2O4. The summed E-state index contributed by atoms with van der Waals surface area (Å²) in [5.41, 5.74) is 6.44. The Morgan fingerprint density at radius 3 is 1.29 bits per heavy atom. The fraction of sp³-hybridized carbons (Fsp3) is 0.520. The zero-order valence-electron chi connectivity index (χ0n) is 19.1. The molecule has 1 aliphatic rings. The van der Waals surface area contributed by atoms with Crippen molar-refractivity contribution < 1.29 is 20.1 Å². The van der Waals surface area contributed by atoms with Crippen molar-refractivity contribution in [3.05, 3.63) is 59.7 Å². The van der Waals surface area contributed by atoms with Crippen LogP contribution in [0, 0.1) is 0 Å². The normalized spacial score (nSPS) is 12.5.